The molecule has 1 aliphatic heterocycles. The molecule has 192 valence electrons. The van der Waals surface area contributed by atoms with Crippen molar-refractivity contribution in [3.05, 3.63) is 75.1 Å². The number of benzene rings is 2. The third-order valence-corrected chi connectivity index (χ3v) is 7.25. The van der Waals surface area contributed by atoms with Gasteiger partial charge in [0.25, 0.3) is 5.56 Å². The Morgan fingerprint density at radius 2 is 1.68 bits per heavy atom. The van der Waals surface area contributed by atoms with E-state index in [1.807, 2.05) is 36.4 Å². The molecule has 0 bridgehead atoms. The number of piperidine rings is 1. The van der Waals surface area contributed by atoms with Crippen molar-refractivity contribution in [1.82, 2.24) is 19.9 Å². The molecule has 0 saturated carbocycles. The first-order chi connectivity index (χ1) is 17.9. The lowest BCUT2D eigenvalue weighted by atomic mass is 10.0. The molecule has 9 heteroatoms. The van der Waals surface area contributed by atoms with E-state index in [1.54, 1.807) is 6.20 Å². The molecule has 3 N–H and O–H groups in total. The number of fused-ring (bicyclic) bond motifs is 1. The number of H-pyrrole nitrogens is 1. The molecule has 1 saturated heterocycles. The summed E-state index contributed by atoms with van der Waals surface area (Å²) >= 11 is 3.53. The second-order valence-corrected chi connectivity index (χ2v) is 10.6. The van der Waals surface area contributed by atoms with E-state index in [1.165, 1.54) is 5.56 Å². The van der Waals surface area contributed by atoms with E-state index in [0.717, 1.165) is 43.1 Å². The standard InChI is InChI=1S/C28H31BrN6O2/c1-17(2)18-4-8-21(9-5-18)37-22-10-6-19(7-11-22)31-26-24-25(23(29)16-30-27(24)36)33-28(34-26)32-20-12-14-35(3)15-13-20/h4-11,16-17,20H,12-15H2,1-3H3,(H,30,36)(H2,31,32,33,34). The smallest absolute Gasteiger partial charge is 0.261 e. The van der Waals surface area contributed by atoms with Gasteiger partial charge >= 0.3 is 0 Å². The number of ether oxygens (including phenoxy) is 1. The van der Waals surface area contributed by atoms with Crippen LogP contribution >= 0.6 is 15.9 Å². The molecule has 1 fully saturated rings. The second-order valence-electron chi connectivity index (χ2n) is 9.78. The number of nitrogens with zero attached hydrogens (tertiary/aromatic N) is 3. The maximum atomic E-state index is 12.8. The summed E-state index contributed by atoms with van der Waals surface area (Å²) in [5, 5.41) is 7.18. The van der Waals surface area contributed by atoms with Crippen molar-refractivity contribution in [2.24, 2.45) is 0 Å². The van der Waals surface area contributed by atoms with Crippen LogP contribution < -0.4 is 20.9 Å². The van der Waals surface area contributed by atoms with Crippen LogP contribution in [0.3, 0.4) is 0 Å². The maximum absolute atomic E-state index is 12.8. The molecule has 2 aromatic heterocycles. The first-order valence-electron chi connectivity index (χ1n) is 12.5. The third kappa shape index (κ3) is 5.94. The minimum atomic E-state index is -0.253. The molecule has 0 aliphatic carbocycles. The van der Waals surface area contributed by atoms with Crippen molar-refractivity contribution >= 4 is 44.3 Å². The van der Waals surface area contributed by atoms with Crippen LogP contribution in [0.4, 0.5) is 17.5 Å². The molecule has 0 atom stereocenters. The van der Waals surface area contributed by atoms with Crippen LogP contribution in [0.2, 0.25) is 0 Å². The molecule has 8 nitrogen and oxygen atoms in total. The van der Waals surface area contributed by atoms with Gasteiger partial charge in [0.2, 0.25) is 5.95 Å². The quantitative estimate of drug-likeness (QED) is 0.245. The minimum absolute atomic E-state index is 0.253. The van der Waals surface area contributed by atoms with Gasteiger partial charge in [0, 0.05) is 17.9 Å². The van der Waals surface area contributed by atoms with E-state index in [0.29, 0.717) is 33.1 Å². The highest BCUT2D eigenvalue weighted by Gasteiger charge is 2.20. The van der Waals surface area contributed by atoms with Crippen molar-refractivity contribution in [1.29, 1.82) is 0 Å². The Kier molecular flexibility index (Phi) is 7.43. The highest BCUT2D eigenvalue weighted by atomic mass is 79.9. The Bertz CT molecular complexity index is 1430. The lowest BCUT2D eigenvalue weighted by Crippen LogP contribution is -2.37. The molecule has 2 aromatic carbocycles. The minimum Gasteiger partial charge on any atom is -0.457 e. The zero-order valence-corrected chi connectivity index (χ0v) is 22.8. The SMILES string of the molecule is CC(C)c1ccc(Oc2ccc(Nc3nc(NC4CCN(C)CC4)nc4c(Br)c[nH]c(=O)c34)cc2)cc1. The average molecular weight is 564 g/mol. The fourth-order valence-electron chi connectivity index (χ4n) is 4.41. The van der Waals surface area contributed by atoms with E-state index >= 15 is 0 Å². The van der Waals surface area contributed by atoms with Crippen LogP contribution in [0.5, 0.6) is 11.5 Å². The van der Waals surface area contributed by atoms with Gasteiger partial charge in [-0.3, -0.25) is 4.79 Å². The van der Waals surface area contributed by atoms with Gasteiger partial charge in [0.1, 0.15) is 22.7 Å². The Morgan fingerprint density at radius 3 is 2.32 bits per heavy atom. The Labute approximate surface area is 224 Å². The van der Waals surface area contributed by atoms with Crippen molar-refractivity contribution < 1.29 is 4.74 Å². The van der Waals surface area contributed by atoms with Crippen LogP contribution in [0, 0.1) is 0 Å². The molecule has 0 unspecified atom stereocenters. The van der Waals surface area contributed by atoms with E-state index < -0.39 is 0 Å². The Morgan fingerprint density at radius 1 is 1.03 bits per heavy atom. The highest BCUT2D eigenvalue weighted by molar-refractivity contribution is 9.10. The molecular weight excluding hydrogens is 532 g/mol. The highest BCUT2D eigenvalue weighted by Crippen LogP contribution is 2.30. The van der Waals surface area contributed by atoms with Gasteiger partial charge in [-0.15, -0.1) is 0 Å². The first kappa shape index (κ1) is 25.2. The predicted octanol–water partition coefficient (Wildman–Crippen LogP) is 6.25. The summed E-state index contributed by atoms with van der Waals surface area (Å²) in [4.78, 5) is 27.2. The third-order valence-electron chi connectivity index (χ3n) is 6.64. The van der Waals surface area contributed by atoms with Crippen LogP contribution in [0.15, 0.2) is 64.0 Å². The van der Waals surface area contributed by atoms with Gasteiger partial charge in [0.05, 0.1) is 9.99 Å². The van der Waals surface area contributed by atoms with E-state index in [-0.39, 0.29) is 11.6 Å². The fraction of sp³-hybridized carbons (Fsp3) is 0.321. The number of aromatic nitrogens is 3. The summed E-state index contributed by atoms with van der Waals surface area (Å²) in [5.41, 5.74) is 2.36. The van der Waals surface area contributed by atoms with Crippen LogP contribution in [0.1, 0.15) is 38.2 Å². The van der Waals surface area contributed by atoms with E-state index in [4.69, 9.17) is 9.72 Å². The summed E-state index contributed by atoms with van der Waals surface area (Å²) < 4.78 is 6.71. The monoisotopic (exact) mass is 562 g/mol. The Balaban J connectivity index is 1.38. The molecule has 0 radical (unpaired) electrons. The number of rotatable bonds is 7. The summed E-state index contributed by atoms with van der Waals surface area (Å²) in [6.45, 7) is 6.39. The normalized spacial score (nSPS) is 14.7. The number of likely N-dealkylation sites (tertiary alicyclic amines) is 1. The van der Waals surface area contributed by atoms with Crippen molar-refractivity contribution in [2.45, 2.75) is 38.6 Å². The molecule has 3 heterocycles. The predicted molar refractivity (Wildman–Crippen MR) is 152 cm³/mol. The molecule has 37 heavy (non-hydrogen) atoms. The van der Waals surface area contributed by atoms with Gasteiger partial charge in [-0.25, -0.2) is 4.98 Å². The number of hydrogen-bond acceptors (Lipinski definition) is 7. The average Bonchev–Trinajstić information content (AvgIpc) is 2.89. The van der Waals surface area contributed by atoms with Gasteiger partial charge < -0.3 is 25.3 Å². The second kappa shape index (κ2) is 10.9. The van der Waals surface area contributed by atoms with E-state index in [2.05, 4.69) is 74.5 Å². The van der Waals surface area contributed by atoms with Crippen molar-refractivity contribution in [3.8, 4) is 11.5 Å². The number of hydrogen-bond donors (Lipinski definition) is 3. The van der Waals surface area contributed by atoms with Crippen LogP contribution in [-0.2, 0) is 0 Å². The van der Waals surface area contributed by atoms with E-state index in [9.17, 15) is 4.79 Å². The van der Waals surface area contributed by atoms with Gasteiger partial charge in [-0.2, -0.15) is 4.98 Å². The van der Waals surface area contributed by atoms with Crippen LogP contribution in [0.25, 0.3) is 10.9 Å². The number of aromatic amines is 1. The van der Waals surface area contributed by atoms with Crippen molar-refractivity contribution in [3.63, 3.8) is 0 Å². The topological polar surface area (TPSA) is 95.2 Å². The Hall–Kier alpha value is -3.43. The van der Waals surface area contributed by atoms with Gasteiger partial charge in [-0.1, -0.05) is 26.0 Å². The number of halogens is 1. The summed E-state index contributed by atoms with van der Waals surface area (Å²) in [7, 11) is 2.13. The largest absolute Gasteiger partial charge is 0.457 e. The fourth-order valence-corrected chi connectivity index (χ4v) is 4.81. The first-order valence-corrected chi connectivity index (χ1v) is 13.3. The zero-order valence-electron chi connectivity index (χ0n) is 21.2. The molecule has 4 aromatic rings. The number of anilines is 3. The molecular formula is C28H31BrN6O2. The molecule has 0 amide bonds. The lowest BCUT2D eigenvalue weighted by molar-refractivity contribution is 0.263. The maximum Gasteiger partial charge on any atom is 0.261 e. The molecule has 0 spiro atoms. The van der Waals surface area contributed by atoms with Crippen molar-refractivity contribution in [2.75, 3.05) is 30.8 Å². The van der Waals surface area contributed by atoms with Gasteiger partial charge in [-0.05, 0) is 96.8 Å². The lowest BCUT2D eigenvalue weighted by Gasteiger charge is -2.29. The summed E-state index contributed by atoms with van der Waals surface area (Å²) in [6, 6.07) is 16.0. The molecule has 5 rings (SSSR count). The summed E-state index contributed by atoms with van der Waals surface area (Å²) in [6.07, 6.45) is 3.64. The molecule has 1 aliphatic rings. The zero-order chi connectivity index (χ0) is 25.9. The summed E-state index contributed by atoms with van der Waals surface area (Å²) in [5.74, 6) is 2.93. The van der Waals surface area contributed by atoms with Crippen LogP contribution in [-0.4, -0.2) is 46.0 Å². The van der Waals surface area contributed by atoms with Gasteiger partial charge in [0.15, 0.2) is 0 Å². The number of nitrogens with one attached hydrogen (secondary N) is 3. The number of pyridine rings is 1.